The number of pyridine rings is 1. The second kappa shape index (κ2) is 8.72. The number of sulfonamides is 1. The topological polar surface area (TPSA) is 102 Å². The molecule has 2 aromatic heterocycles. The van der Waals surface area contributed by atoms with E-state index < -0.39 is 10.0 Å². The van der Waals surface area contributed by atoms with E-state index in [9.17, 15) is 13.2 Å². The van der Waals surface area contributed by atoms with Crippen molar-refractivity contribution in [2.24, 2.45) is 7.05 Å². The van der Waals surface area contributed by atoms with E-state index in [-0.39, 0.29) is 16.5 Å². The highest BCUT2D eigenvalue weighted by Crippen LogP contribution is 2.24. The molecular weight excluding hydrogens is 428 g/mol. The molecule has 0 aliphatic rings. The van der Waals surface area contributed by atoms with Gasteiger partial charge in [0.05, 0.1) is 29.5 Å². The Morgan fingerprint density at radius 3 is 2.62 bits per heavy atom. The first kappa shape index (κ1) is 21.4. The molecule has 0 fully saturated rings. The summed E-state index contributed by atoms with van der Waals surface area (Å²) in [5.41, 5.74) is 2.14. The molecule has 0 unspecified atom stereocenters. The normalized spacial score (nSPS) is 11.3. The lowest BCUT2D eigenvalue weighted by Crippen LogP contribution is -2.22. The number of carbonyl (C=O) groups is 1. The molecule has 0 radical (unpaired) electrons. The smallest absolute Gasteiger partial charge is 0.261 e. The van der Waals surface area contributed by atoms with Crippen molar-refractivity contribution in [1.29, 1.82) is 0 Å². The van der Waals surface area contributed by atoms with Crippen LogP contribution in [-0.4, -0.2) is 31.0 Å². The number of rotatable bonds is 7. The maximum Gasteiger partial charge on any atom is 0.261 e. The lowest BCUT2D eigenvalue weighted by atomic mass is 10.2. The molecule has 32 heavy (non-hydrogen) atoms. The first-order valence-electron chi connectivity index (χ1n) is 9.81. The molecule has 2 aromatic carbocycles. The number of amides is 1. The van der Waals surface area contributed by atoms with Crippen LogP contribution in [0.5, 0.6) is 5.75 Å². The second-order valence-electron chi connectivity index (χ2n) is 7.20. The predicted octanol–water partition coefficient (Wildman–Crippen LogP) is 3.31. The summed E-state index contributed by atoms with van der Waals surface area (Å²) < 4.78 is 34.7. The fourth-order valence-corrected chi connectivity index (χ4v) is 4.43. The standard InChI is InChI=1S/C23H22N4O4S/c1-27-15-21(23(28)25-13-16-7-6-8-18(11-16)31-2)20-12-17(14-24-22(20)27)26-32(29,30)19-9-4-3-5-10-19/h3-12,14-15,26H,13H2,1-2H3,(H,25,28). The highest BCUT2D eigenvalue weighted by Gasteiger charge is 2.18. The quantitative estimate of drug-likeness (QED) is 0.450. The molecule has 0 bridgehead atoms. The summed E-state index contributed by atoms with van der Waals surface area (Å²) in [4.78, 5) is 17.4. The summed E-state index contributed by atoms with van der Waals surface area (Å²) in [6, 6.07) is 17.1. The van der Waals surface area contributed by atoms with Crippen LogP contribution in [0.1, 0.15) is 15.9 Å². The summed E-state index contributed by atoms with van der Waals surface area (Å²) in [7, 11) is -0.403. The number of aryl methyl sites for hydroxylation is 1. The monoisotopic (exact) mass is 450 g/mol. The van der Waals surface area contributed by atoms with Crippen molar-refractivity contribution < 1.29 is 17.9 Å². The van der Waals surface area contributed by atoms with Gasteiger partial charge in [-0.25, -0.2) is 13.4 Å². The van der Waals surface area contributed by atoms with Crippen molar-refractivity contribution in [2.75, 3.05) is 11.8 Å². The molecule has 4 rings (SSSR count). The SMILES string of the molecule is COc1cccc(CNC(=O)c2cn(C)c3ncc(NS(=O)(=O)c4ccccc4)cc23)c1. The maximum atomic E-state index is 12.9. The van der Waals surface area contributed by atoms with E-state index in [4.69, 9.17) is 4.74 Å². The minimum Gasteiger partial charge on any atom is -0.497 e. The Balaban J connectivity index is 1.59. The van der Waals surface area contributed by atoms with E-state index >= 15 is 0 Å². The summed E-state index contributed by atoms with van der Waals surface area (Å²) in [5, 5.41) is 3.44. The number of aromatic nitrogens is 2. The zero-order valence-electron chi connectivity index (χ0n) is 17.6. The van der Waals surface area contributed by atoms with E-state index in [1.165, 1.54) is 18.3 Å². The van der Waals surface area contributed by atoms with Crippen LogP contribution >= 0.6 is 0 Å². The van der Waals surface area contributed by atoms with Crippen LogP contribution in [0.4, 0.5) is 5.69 Å². The van der Waals surface area contributed by atoms with Gasteiger partial charge in [0.2, 0.25) is 0 Å². The molecule has 0 aliphatic heterocycles. The van der Waals surface area contributed by atoms with Gasteiger partial charge in [0.15, 0.2) is 0 Å². The molecule has 9 heteroatoms. The van der Waals surface area contributed by atoms with Gasteiger partial charge >= 0.3 is 0 Å². The number of nitrogens with zero attached hydrogens (tertiary/aromatic N) is 2. The lowest BCUT2D eigenvalue weighted by molar-refractivity contribution is 0.0952. The second-order valence-corrected chi connectivity index (χ2v) is 8.88. The van der Waals surface area contributed by atoms with Crippen molar-refractivity contribution in [1.82, 2.24) is 14.9 Å². The van der Waals surface area contributed by atoms with Gasteiger partial charge in [-0.05, 0) is 35.9 Å². The van der Waals surface area contributed by atoms with Gasteiger partial charge in [-0.15, -0.1) is 0 Å². The Kier molecular flexibility index (Phi) is 5.83. The zero-order chi connectivity index (χ0) is 22.7. The predicted molar refractivity (Wildman–Crippen MR) is 122 cm³/mol. The van der Waals surface area contributed by atoms with Crippen molar-refractivity contribution in [2.45, 2.75) is 11.4 Å². The number of carbonyl (C=O) groups excluding carboxylic acids is 1. The number of benzene rings is 2. The molecule has 0 aliphatic carbocycles. The third-order valence-electron chi connectivity index (χ3n) is 4.95. The Bertz CT molecular complexity index is 1380. The average Bonchev–Trinajstić information content (AvgIpc) is 3.13. The molecule has 2 heterocycles. The first-order valence-corrected chi connectivity index (χ1v) is 11.3. The van der Waals surface area contributed by atoms with Crippen molar-refractivity contribution in [3.8, 4) is 5.75 Å². The van der Waals surface area contributed by atoms with Crippen molar-refractivity contribution in [3.05, 3.63) is 84.2 Å². The number of anilines is 1. The fourth-order valence-electron chi connectivity index (χ4n) is 3.37. The fraction of sp³-hybridized carbons (Fsp3) is 0.130. The largest absolute Gasteiger partial charge is 0.497 e. The number of methoxy groups -OCH3 is 1. The average molecular weight is 451 g/mol. The zero-order valence-corrected chi connectivity index (χ0v) is 18.4. The lowest BCUT2D eigenvalue weighted by Gasteiger charge is -2.09. The minimum absolute atomic E-state index is 0.143. The molecule has 0 spiro atoms. The summed E-state index contributed by atoms with van der Waals surface area (Å²) in [5.74, 6) is 0.421. The molecule has 4 aromatic rings. The Morgan fingerprint density at radius 2 is 1.88 bits per heavy atom. The highest BCUT2D eigenvalue weighted by atomic mass is 32.2. The van der Waals surface area contributed by atoms with E-state index in [0.717, 1.165) is 5.56 Å². The maximum absolute atomic E-state index is 12.9. The van der Waals surface area contributed by atoms with E-state index in [0.29, 0.717) is 28.9 Å². The minimum atomic E-state index is -3.77. The molecule has 0 saturated carbocycles. The van der Waals surface area contributed by atoms with Crippen LogP contribution in [-0.2, 0) is 23.6 Å². The Labute approximate surface area is 185 Å². The van der Waals surface area contributed by atoms with Gasteiger partial charge in [0, 0.05) is 25.2 Å². The molecule has 164 valence electrons. The Hall–Kier alpha value is -3.85. The molecule has 2 N–H and O–H groups in total. The van der Waals surface area contributed by atoms with E-state index in [1.54, 1.807) is 49.2 Å². The van der Waals surface area contributed by atoms with Crippen LogP contribution < -0.4 is 14.8 Å². The summed E-state index contributed by atoms with van der Waals surface area (Å²) in [6.45, 7) is 0.320. The van der Waals surface area contributed by atoms with E-state index in [1.807, 2.05) is 24.3 Å². The van der Waals surface area contributed by atoms with E-state index in [2.05, 4.69) is 15.0 Å². The van der Waals surface area contributed by atoms with Gasteiger partial charge in [-0.2, -0.15) is 0 Å². The van der Waals surface area contributed by atoms with Crippen LogP contribution in [0.3, 0.4) is 0 Å². The molecule has 0 atom stereocenters. The third-order valence-corrected chi connectivity index (χ3v) is 6.35. The molecule has 1 amide bonds. The first-order chi connectivity index (χ1) is 15.4. The van der Waals surface area contributed by atoms with Crippen LogP contribution in [0.25, 0.3) is 11.0 Å². The van der Waals surface area contributed by atoms with Crippen molar-refractivity contribution in [3.63, 3.8) is 0 Å². The third kappa shape index (κ3) is 4.42. The van der Waals surface area contributed by atoms with Gasteiger partial charge < -0.3 is 14.6 Å². The Morgan fingerprint density at radius 1 is 1.09 bits per heavy atom. The molecular formula is C23H22N4O4S. The number of hydrogen-bond donors (Lipinski definition) is 2. The highest BCUT2D eigenvalue weighted by molar-refractivity contribution is 7.92. The van der Waals surface area contributed by atoms with Gasteiger partial charge in [0.25, 0.3) is 15.9 Å². The van der Waals surface area contributed by atoms with Gasteiger partial charge in [-0.1, -0.05) is 30.3 Å². The molecule has 8 nitrogen and oxygen atoms in total. The summed E-state index contributed by atoms with van der Waals surface area (Å²) in [6.07, 6.45) is 3.11. The van der Waals surface area contributed by atoms with Crippen molar-refractivity contribution >= 4 is 32.7 Å². The van der Waals surface area contributed by atoms with Crippen LogP contribution in [0, 0.1) is 0 Å². The van der Waals surface area contributed by atoms with Gasteiger partial charge in [-0.3, -0.25) is 9.52 Å². The number of fused-ring (bicyclic) bond motifs is 1. The number of nitrogens with one attached hydrogen (secondary N) is 2. The number of ether oxygens (including phenoxy) is 1. The van der Waals surface area contributed by atoms with Gasteiger partial charge in [0.1, 0.15) is 11.4 Å². The summed E-state index contributed by atoms with van der Waals surface area (Å²) >= 11 is 0. The molecule has 0 saturated heterocycles. The van der Waals surface area contributed by atoms with Crippen LogP contribution in [0.2, 0.25) is 0 Å². The van der Waals surface area contributed by atoms with Crippen LogP contribution in [0.15, 0.2) is 78.0 Å². The number of hydrogen-bond acceptors (Lipinski definition) is 5.